The average Bonchev–Trinajstić information content (AvgIpc) is 3.19. The maximum absolute atomic E-state index is 10.5. The van der Waals surface area contributed by atoms with Crippen LogP contribution >= 0.6 is 0 Å². The molecule has 1 aliphatic carbocycles. The number of rotatable bonds is 5. The highest BCUT2D eigenvalue weighted by Gasteiger charge is 2.28. The largest absolute Gasteiger partial charge is 0.489 e. The number of aromatic nitrogens is 2. The average molecular weight is 433 g/mol. The fourth-order valence-corrected chi connectivity index (χ4v) is 4.86. The van der Waals surface area contributed by atoms with Crippen LogP contribution < -0.4 is 4.74 Å². The normalized spacial score (nSPS) is 20.1. The summed E-state index contributed by atoms with van der Waals surface area (Å²) in [6, 6.07) is 14.3. The minimum atomic E-state index is -1.45. The minimum absolute atomic E-state index is 0.284. The molecule has 1 atom stereocenters. The molecule has 162 valence electrons. The van der Waals surface area contributed by atoms with Crippen molar-refractivity contribution < 1.29 is 9.84 Å². The number of aliphatic hydroxyl groups is 1. The number of hydrogen-bond donors (Lipinski definition) is 1. The summed E-state index contributed by atoms with van der Waals surface area (Å²) >= 11 is 0. The van der Waals surface area contributed by atoms with Gasteiger partial charge in [-0.25, -0.2) is 4.52 Å². The summed E-state index contributed by atoms with van der Waals surface area (Å²) in [5, 5.41) is 15.1. The topological polar surface area (TPSA) is 46.8 Å². The van der Waals surface area contributed by atoms with Crippen molar-refractivity contribution in [3.8, 4) is 17.2 Å². The van der Waals surface area contributed by atoms with Crippen molar-refractivity contribution in [2.24, 2.45) is 5.92 Å². The lowest BCUT2D eigenvalue weighted by molar-refractivity contribution is 0.128. The Labute approximate surface area is 186 Å². The summed E-state index contributed by atoms with van der Waals surface area (Å²) in [5.41, 5.74) is 6.88. The lowest BCUT2D eigenvalue weighted by Crippen LogP contribution is -2.25. The van der Waals surface area contributed by atoms with Crippen LogP contribution in [0.3, 0.4) is 0 Å². The summed E-state index contributed by atoms with van der Waals surface area (Å²) in [5.74, 6) is 4.76. The Morgan fingerprint density at radius 3 is 2.58 bits per heavy atom. The van der Waals surface area contributed by atoms with Crippen LogP contribution in [-0.2, 0) is 6.61 Å². The molecule has 0 radical (unpaired) electrons. The van der Waals surface area contributed by atoms with E-state index < -0.39 is 14.2 Å². The Hall–Kier alpha value is -2.55. The zero-order chi connectivity index (χ0) is 21.8. The third-order valence-electron chi connectivity index (χ3n) is 6.02. The molecule has 1 fully saturated rings. The van der Waals surface area contributed by atoms with E-state index in [0.717, 1.165) is 42.5 Å². The first-order valence-corrected chi connectivity index (χ1v) is 14.7. The number of pyridine rings is 1. The Balaban J connectivity index is 1.42. The molecule has 3 aromatic rings. The number of nitrogens with zero attached hydrogens (tertiary/aromatic N) is 2. The van der Waals surface area contributed by atoms with Gasteiger partial charge in [0.2, 0.25) is 0 Å². The second-order valence-electron chi connectivity index (χ2n) is 9.64. The number of benzene rings is 1. The predicted octanol–water partition coefficient (Wildman–Crippen LogP) is 5.43. The third kappa shape index (κ3) is 5.58. The fourth-order valence-electron chi connectivity index (χ4n) is 4.28. The lowest BCUT2D eigenvalue weighted by atomic mass is 9.77. The van der Waals surface area contributed by atoms with E-state index in [1.54, 1.807) is 0 Å². The van der Waals surface area contributed by atoms with Crippen molar-refractivity contribution in [2.75, 3.05) is 0 Å². The molecule has 2 heterocycles. The van der Waals surface area contributed by atoms with Gasteiger partial charge in [-0.1, -0.05) is 55.9 Å². The van der Waals surface area contributed by atoms with Gasteiger partial charge in [0.1, 0.15) is 26.5 Å². The second kappa shape index (κ2) is 9.29. The summed E-state index contributed by atoms with van der Waals surface area (Å²) in [6.45, 7) is 7.20. The van der Waals surface area contributed by atoms with Gasteiger partial charge in [0.05, 0.1) is 11.7 Å². The Morgan fingerprint density at radius 1 is 1.13 bits per heavy atom. The van der Waals surface area contributed by atoms with Crippen molar-refractivity contribution in [3.05, 3.63) is 66.0 Å². The summed E-state index contributed by atoms with van der Waals surface area (Å²) in [4.78, 5) is 0. The van der Waals surface area contributed by atoms with Crippen LogP contribution in [0.2, 0.25) is 19.6 Å². The van der Waals surface area contributed by atoms with Crippen LogP contribution in [0.5, 0.6) is 5.75 Å². The summed E-state index contributed by atoms with van der Waals surface area (Å²) in [6.07, 6.45) is 7.62. The van der Waals surface area contributed by atoms with Crippen molar-refractivity contribution in [1.82, 2.24) is 9.61 Å². The van der Waals surface area contributed by atoms with Crippen LogP contribution in [0, 0.1) is 17.4 Å². The van der Waals surface area contributed by atoms with Crippen LogP contribution in [-0.4, -0.2) is 28.9 Å². The molecule has 0 amide bonds. The molecule has 4 nitrogen and oxygen atoms in total. The molecule has 1 aliphatic rings. The highest BCUT2D eigenvalue weighted by Crippen LogP contribution is 2.39. The first-order valence-electron chi connectivity index (χ1n) is 11.2. The summed E-state index contributed by atoms with van der Waals surface area (Å²) < 4.78 is 7.96. The first kappa shape index (κ1) is 21.7. The Kier molecular flexibility index (Phi) is 6.50. The lowest BCUT2D eigenvalue weighted by Gasteiger charge is -2.29. The fraction of sp³-hybridized carbons (Fsp3) is 0.423. The highest BCUT2D eigenvalue weighted by atomic mass is 28.3. The van der Waals surface area contributed by atoms with E-state index in [4.69, 9.17) is 4.74 Å². The SMILES string of the molecule is C[Si](C)(C)C#CC(O)C1CCC(c2cnn3ccc(OCc4ccccc4)cc23)CC1. The van der Waals surface area contributed by atoms with Gasteiger partial charge in [0, 0.05) is 17.8 Å². The minimum Gasteiger partial charge on any atom is -0.489 e. The van der Waals surface area contributed by atoms with Crippen molar-refractivity contribution in [2.45, 2.75) is 64.0 Å². The van der Waals surface area contributed by atoms with Crippen LogP contribution in [0.1, 0.15) is 42.7 Å². The van der Waals surface area contributed by atoms with E-state index in [-0.39, 0.29) is 5.92 Å². The molecule has 31 heavy (non-hydrogen) atoms. The van der Waals surface area contributed by atoms with Gasteiger partial charge in [-0.15, -0.1) is 5.54 Å². The molecule has 0 aliphatic heterocycles. The number of aliphatic hydroxyl groups excluding tert-OH is 1. The zero-order valence-corrected chi connectivity index (χ0v) is 19.7. The molecule has 1 saturated carbocycles. The van der Waals surface area contributed by atoms with Gasteiger partial charge in [-0.05, 0) is 49.1 Å². The maximum atomic E-state index is 10.5. The van der Waals surface area contributed by atoms with Crippen molar-refractivity contribution in [1.29, 1.82) is 0 Å². The van der Waals surface area contributed by atoms with E-state index in [2.05, 4.69) is 54.4 Å². The molecule has 1 unspecified atom stereocenters. The molecular formula is C26H32N2O2Si. The molecule has 1 N–H and O–H groups in total. The number of hydrogen-bond acceptors (Lipinski definition) is 3. The third-order valence-corrected chi connectivity index (χ3v) is 6.92. The maximum Gasteiger partial charge on any atom is 0.129 e. The smallest absolute Gasteiger partial charge is 0.129 e. The standard InChI is InChI=1S/C26H32N2O2Si/c1-31(2,3)16-14-26(29)22-11-9-21(10-12-22)24-18-27-28-15-13-23(17-25(24)28)30-19-20-7-5-4-6-8-20/h4-8,13,15,17-18,21-22,26,29H,9-12,19H2,1-3H3. The molecule has 0 saturated heterocycles. The Morgan fingerprint density at radius 2 is 1.87 bits per heavy atom. The van der Waals surface area contributed by atoms with Crippen LogP contribution in [0.4, 0.5) is 0 Å². The molecule has 5 heteroatoms. The molecule has 4 rings (SSSR count). The summed E-state index contributed by atoms with van der Waals surface area (Å²) in [7, 11) is -1.45. The Bertz CT molecular complexity index is 1070. The molecule has 2 aromatic heterocycles. The van der Waals surface area contributed by atoms with Gasteiger partial charge in [0.15, 0.2) is 0 Å². The first-order chi connectivity index (χ1) is 14.9. The van der Waals surface area contributed by atoms with E-state index in [0.29, 0.717) is 12.5 Å². The van der Waals surface area contributed by atoms with Gasteiger partial charge < -0.3 is 9.84 Å². The molecule has 0 bridgehead atoms. The van der Waals surface area contributed by atoms with Crippen LogP contribution in [0.25, 0.3) is 5.52 Å². The van der Waals surface area contributed by atoms with E-state index in [1.165, 1.54) is 5.56 Å². The quantitative estimate of drug-likeness (QED) is 0.432. The van der Waals surface area contributed by atoms with Gasteiger partial charge >= 0.3 is 0 Å². The number of fused-ring (bicyclic) bond motifs is 1. The zero-order valence-electron chi connectivity index (χ0n) is 18.7. The second-order valence-corrected chi connectivity index (χ2v) is 14.4. The van der Waals surface area contributed by atoms with E-state index in [9.17, 15) is 5.11 Å². The molecule has 0 spiro atoms. The van der Waals surface area contributed by atoms with E-state index >= 15 is 0 Å². The highest BCUT2D eigenvalue weighted by molar-refractivity contribution is 6.83. The predicted molar refractivity (Wildman–Crippen MR) is 128 cm³/mol. The molecule has 1 aromatic carbocycles. The van der Waals surface area contributed by atoms with Crippen molar-refractivity contribution >= 4 is 13.6 Å². The number of ether oxygens (including phenoxy) is 1. The monoisotopic (exact) mass is 432 g/mol. The van der Waals surface area contributed by atoms with E-state index in [1.807, 2.05) is 41.2 Å². The van der Waals surface area contributed by atoms with Gasteiger partial charge in [0.25, 0.3) is 0 Å². The van der Waals surface area contributed by atoms with Crippen LogP contribution in [0.15, 0.2) is 54.9 Å². The van der Waals surface area contributed by atoms with Crippen molar-refractivity contribution in [3.63, 3.8) is 0 Å². The van der Waals surface area contributed by atoms with Gasteiger partial charge in [-0.3, -0.25) is 0 Å². The molecular weight excluding hydrogens is 400 g/mol. The van der Waals surface area contributed by atoms with Gasteiger partial charge in [-0.2, -0.15) is 5.10 Å².